The molecule has 0 atom stereocenters. The lowest BCUT2D eigenvalue weighted by molar-refractivity contribution is 0.0378. The van der Waals surface area contributed by atoms with E-state index in [4.69, 9.17) is 4.74 Å². The highest BCUT2D eigenvalue weighted by atomic mass is 19.1. The highest BCUT2D eigenvalue weighted by molar-refractivity contribution is 6.34. The van der Waals surface area contributed by atoms with Gasteiger partial charge in [0.25, 0.3) is 11.8 Å². The van der Waals surface area contributed by atoms with Crippen molar-refractivity contribution in [2.24, 2.45) is 0 Å². The number of hydrogen-bond donors (Lipinski definition) is 0. The average Bonchev–Trinajstić information content (AvgIpc) is 3.13. The minimum Gasteiger partial charge on any atom is -0.449 e. The van der Waals surface area contributed by atoms with Crippen LogP contribution in [0.4, 0.5) is 10.1 Å². The number of carbonyl (C=O) groups excluding carboxylic acids is 3. The first-order chi connectivity index (χ1) is 16.5. The number of imide groups is 1. The number of nitrogens with zero attached hydrogens (tertiary/aromatic N) is 1. The van der Waals surface area contributed by atoms with Gasteiger partial charge in [0.05, 0.1) is 22.4 Å². The molecule has 1 aliphatic heterocycles. The van der Waals surface area contributed by atoms with E-state index in [-0.39, 0.29) is 22.4 Å². The molecule has 0 saturated carbocycles. The smallest absolute Gasteiger partial charge is 0.339 e. The van der Waals surface area contributed by atoms with E-state index in [0.29, 0.717) is 0 Å². The van der Waals surface area contributed by atoms with Crippen LogP contribution in [0.5, 0.6) is 0 Å². The zero-order valence-corrected chi connectivity index (χ0v) is 17.9. The Kier molecular flexibility index (Phi) is 5.47. The van der Waals surface area contributed by atoms with Gasteiger partial charge in [-0.15, -0.1) is 0 Å². The van der Waals surface area contributed by atoms with Crippen molar-refractivity contribution in [3.8, 4) is 0 Å². The zero-order valence-electron chi connectivity index (χ0n) is 17.9. The van der Waals surface area contributed by atoms with E-state index in [1.54, 1.807) is 0 Å². The number of amides is 2. The number of hydrogen-bond acceptors (Lipinski definition) is 4. The molecule has 34 heavy (non-hydrogen) atoms. The number of carbonyl (C=O) groups is 3. The van der Waals surface area contributed by atoms with Crippen LogP contribution in [0.25, 0.3) is 0 Å². The van der Waals surface area contributed by atoms with E-state index in [1.165, 1.54) is 42.5 Å². The SMILES string of the molecule is O=C(OC(c1ccccc1)c1ccccc1)c1ccc2c(c1)C(=O)N(c1ccc(F)cc1)C2=O. The highest BCUT2D eigenvalue weighted by Gasteiger charge is 2.37. The summed E-state index contributed by atoms with van der Waals surface area (Å²) in [7, 11) is 0. The summed E-state index contributed by atoms with van der Waals surface area (Å²) in [6, 6.07) is 28.0. The van der Waals surface area contributed by atoms with E-state index < -0.39 is 29.7 Å². The third-order valence-corrected chi connectivity index (χ3v) is 5.64. The molecule has 166 valence electrons. The van der Waals surface area contributed by atoms with Gasteiger partial charge in [-0.1, -0.05) is 60.7 Å². The van der Waals surface area contributed by atoms with E-state index in [1.807, 2.05) is 60.7 Å². The first-order valence-electron chi connectivity index (χ1n) is 10.6. The van der Waals surface area contributed by atoms with Gasteiger partial charge >= 0.3 is 5.97 Å². The molecule has 0 radical (unpaired) electrons. The second-order valence-electron chi connectivity index (χ2n) is 7.79. The van der Waals surface area contributed by atoms with Gasteiger partial charge in [-0.2, -0.15) is 0 Å². The number of fused-ring (bicyclic) bond motifs is 1. The number of halogens is 1. The summed E-state index contributed by atoms with van der Waals surface area (Å²) < 4.78 is 19.1. The molecule has 0 unspecified atom stereocenters. The second-order valence-corrected chi connectivity index (χ2v) is 7.79. The van der Waals surface area contributed by atoms with Crippen LogP contribution in [-0.2, 0) is 4.74 Å². The third-order valence-electron chi connectivity index (χ3n) is 5.64. The maximum absolute atomic E-state index is 13.3. The van der Waals surface area contributed by atoms with Crippen LogP contribution in [0, 0.1) is 5.82 Å². The largest absolute Gasteiger partial charge is 0.449 e. The molecule has 0 aromatic heterocycles. The quantitative estimate of drug-likeness (QED) is 0.294. The minimum absolute atomic E-state index is 0.0970. The van der Waals surface area contributed by atoms with Crippen molar-refractivity contribution in [2.75, 3.05) is 4.90 Å². The zero-order chi connectivity index (χ0) is 23.7. The molecule has 5 rings (SSSR count). The molecule has 1 heterocycles. The standard InChI is InChI=1S/C28H18FNO4/c29-21-12-14-22(15-13-21)30-26(31)23-16-11-20(17-24(23)27(30)32)28(33)34-25(18-7-3-1-4-8-18)19-9-5-2-6-10-19/h1-17,25H. The summed E-state index contributed by atoms with van der Waals surface area (Å²) in [6.45, 7) is 0. The second kappa shape index (κ2) is 8.75. The molecule has 5 nitrogen and oxygen atoms in total. The number of ether oxygens (including phenoxy) is 1. The predicted octanol–water partition coefficient (Wildman–Crippen LogP) is 5.57. The summed E-state index contributed by atoms with van der Waals surface area (Å²) in [5.74, 6) is -2.21. The Bertz CT molecular complexity index is 1350. The highest BCUT2D eigenvalue weighted by Crippen LogP contribution is 2.31. The van der Waals surface area contributed by atoms with Gasteiger partial charge in [0.1, 0.15) is 5.82 Å². The van der Waals surface area contributed by atoms with E-state index in [9.17, 15) is 18.8 Å². The van der Waals surface area contributed by atoms with Gasteiger partial charge in [-0.25, -0.2) is 14.1 Å². The van der Waals surface area contributed by atoms with Gasteiger partial charge in [-0.3, -0.25) is 9.59 Å². The molecule has 1 aliphatic rings. The fourth-order valence-electron chi connectivity index (χ4n) is 3.95. The van der Waals surface area contributed by atoms with E-state index in [0.717, 1.165) is 16.0 Å². The van der Waals surface area contributed by atoms with Gasteiger partial charge in [0.15, 0.2) is 6.10 Å². The first-order valence-corrected chi connectivity index (χ1v) is 10.6. The Hall–Kier alpha value is -4.58. The Balaban J connectivity index is 1.45. The van der Waals surface area contributed by atoms with Crippen molar-refractivity contribution in [2.45, 2.75) is 6.10 Å². The van der Waals surface area contributed by atoms with Crippen LogP contribution in [0.2, 0.25) is 0 Å². The van der Waals surface area contributed by atoms with Crippen LogP contribution in [-0.4, -0.2) is 17.8 Å². The monoisotopic (exact) mass is 451 g/mol. The van der Waals surface area contributed by atoms with Crippen molar-refractivity contribution in [3.05, 3.63) is 137 Å². The molecule has 0 N–H and O–H groups in total. The van der Waals surface area contributed by atoms with Crippen LogP contribution in [0.15, 0.2) is 103 Å². The molecule has 0 aliphatic carbocycles. The summed E-state index contributed by atoms with van der Waals surface area (Å²) in [5, 5.41) is 0. The lowest BCUT2D eigenvalue weighted by atomic mass is 10.0. The molecule has 4 aromatic carbocycles. The fourth-order valence-corrected chi connectivity index (χ4v) is 3.95. The van der Waals surface area contributed by atoms with Crippen molar-refractivity contribution >= 4 is 23.5 Å². The van der Waals surface area contributed by atoms with Gasteiger partial charge in [0.2, 0.25) is 0 Å². The van der Waals surface area contributed by atoms with E-state index in [2.05, 4.69) is 0 Å². The molecule has 2 amide bonds. The Labute approximate surface area is 195 Å². The Morgan fingerprint density at radius 1 is 0.706 bits per heavy atom. The molecule has 4 aromatic rings. The van der Waals surface area contributed by atoms with E-state index >= 15 is 0 Å². The third kappa shape index (κ3) is 3.86. The molecule has 0 bridgehead atoms. The number of esters is 1. The Morgan fingerprint density at radius 2 is 1.26 bits per heavy atom. The lowest BCUT2D eigenvalue weighted by Crippen LogP contribution is -2.29. The minimum atomic E-state index is -0.642. The molecule has 6 heteroatoms. The van der Waals surface area contributed by atoms with Crippen LogP contribution in [0.3, 0.4) is 0 Å². The van der Waals surface area contributed by atoms with Gasteiger partial charge in [-0.05, 0) is 53.6 Å². The summed E-state index contributed by atoms with van der Waals surface area (Å²) in [4.78, 5) is 39.9. The van der Waals surface area contributed by atoms with Crippen molar-refractivity contribution in [1.29, 1.82) is 0 Å². The van der Waals surface area contributed by atoms with Gasteiger partial charge in [0, 0.05) is 0 Å². The number of anilines is 1. The van der Waals surface area contributed by atoms with Crippen LogP contribution in [0.1, 0.15) is 48.3 Å². The average molecular weight is 451 g/mol. The lowest BCUT2D eigenvalue weighted by Gasteiger charge is -2.19. The van der Waals surface area contributed by atoms with Crippen molar-refractivity contribution in [1.82, 2.24) is 0 Å². The first kappa shape index (κ1) is 21.3. The number of rotatable bonds is 5. The molecular formula is C28H18FNO4. The van der Waals surface area contributed by atoms with Crippen LogP contribution >= 0.6 is 0 Å². The number of benzene rings is 4. The van der Waals surface area contributed by atoms with Crippen molar-refractivity contribution < 1.29 is 23.5 Å². The Morgan fingerprint density at radius 3 is 1.85 bits per heavy atom. The maximum atomic E-state index is 13.3. The predicted molar refractivity (Wildman–Crippen MR) is 124 cm³/mol. The molecule has 0 spiro atoms. The van der Waals surface area contributed by atoms with Crippen molar-refractivity contribution in [3.63, 3.8) is 0 Å². The normalized spacial score (nSPS) is 12.7. The maximum Gasteiger partial charge on any atom is 0.339 e. The van der Waals surface area contributed by atoms with Crippen LogP contribution < -0.4 is 4.90 Å². The summed E-state index contributed by atoms with van der Waals surface area (Å²) in [6.07, 6.45) is -0.642. The molecule has 0 saturated heterocycles. The topological polar surface area (TPSA) is 63.7 Å². The molecular weight excluding hydrogens is 433 g/mol. The summed E-state index contributed by atoms with van der Waals surface area (Å²) in [5.41, 5.74) is 2.28. The fraction of sp³-hybridized carbons (Fsp3) is 0.0357. The molecule has 0 fully saturated rings. The van der Waals surface area contributed by atoms with Gasteiger partial charge < -0.3 is 4.74 Å². The summed E-state index contributed by atoms with van der Waals surface area (Å²) >= 11 is 0.